The number of nitrogens with one attached hydrogen (secondary N) is 3. The molecule has 5 rings (SSSR count). The molecule has 0 atom stereocenters. The maximum atomic E-state index is 12.8. The first kappa shape index (κ1) is 22.9. The molecule has 1 aliphatic heterocycles. The van der Waals surface area contributed by atoms with Crippen molar-refractivity contribution in [3.05, 3.63) is 124 Å². The van der Waals surface area contributed by atoms with Gasteiger partial charge in [-0.05, 0) is 60.5 Å². The van der Waals surface area contributed by atoms with Crippen molar-refractivity contribution in [1.29, 1.82) is 0 Å². The number of aromatic amines is 1. The molecule has 0 radical (unpaired) electrons. The number of amides is 1. The highest BCUT2D eigenvalue weighted by molar-refractivity contribution is 6.34. The third kappa shape index (κ3) is 4.95. The number of Topliss-reactive ketones (excluding diaryl/α,β-unsaturated/α-hetero) is 1. The van der Waals surface area contributed by atoms with Crippen molar-refractivity contribution in [2.75, 3.05) is 10.7 Å². The Labute approximate surface area is 207 Å². The minimum absolute atomic E-state index is 0.137. The van der Waals surface area contributed by atoms with Crippen LogP contribution in [0.1, 0.15) is 40.0 Å². The maximum absolute atomic E-state index is 12.8. The zero-order chi connectivity index (χ0) is 24.9. The van der Waals surface area contributed by atoms with E-state index in [9.17, 15) is 14.4 Å². The fourth-order valence-electron chi connectivity index (χ4n) is 4.06. The number of aromatic nitrogens is 2. The predicted octanol–water partition coefficient (Wildman–Crippen LogP) is 5.22. The number of ketones is 1. The number of carbonyl (C=O) groups excluding carboxylic acids is 2. The second-order valence-electron chi connectivity index (χ2n) is 8.38. The van der Waals surface area contributed by atoms with E-state index < -0.39 is 0 Å². The van der Waals surface area contributed by atoms with Gasteiger partial charge in [-0.2, -0.15) is 0 Å². The quantitative estimate of drug-likeness (QED) is 0.240. The van der Waals surface area contributed by atoms with Crippen LogP contribution in [0.2, 0.25) is 0 Å². The molecule has 0 saturated heterocycles. The summed E-state index contributed by atoms with van der Waals surface area (Å²) < 4.78 is 1.32. The molecule has 3 heterocycles. The lowest BCUT2D eigenvalue weighted by molar-refractivity contribution is -0.110. The number of rotatable bonds is 8. The molecule has 178 valence electrons. The van der Waals surface area contributed by atoms with Crippen LogP contribution < -0.4 is 16.3 Å². The van der Waals surface area contributed by atoms with Crippen molar-refractivity contribution >= 4 is 40.8 Å². The van der Waals surface area contributed by atoms with E-state index in [1.54, 1.807) is 18.3 Å². The number of anilines is 2. The van der Waals surface area contributed by atoms with Gasteiger partial charge < -0.3 is 10.3 Å². The van der Waals surface area contributed by atoms with E-state index in [0.29, 0.717) is 12.0 Å². The molecule has 1 aliphatic rings. The third-order valence-electron chi connectivity index (χ3n) is 5.87. The number of fused-ring (bicyclic) bond motifs is 1. The smallest absolute Gasteiger partial charge is 0.279 e. The Balaban J connectivity index is 1.22. The standard InChI is InChI=1S/C29H24N4O3/c34-27(24-12-7-17-33(29(24)36)32-21-9-2-1-3-10-21)13-5-4-8-20-14-15-23-25(19-22-11-6-16-30-22)28(35)31-26(23)18-20/h1-4,6-12,14-19,30,32H,5,13H2,(H,31,35)/b8-4+,25-19-. The van der Waals surface area contributed by atoms with Gasteiger partial charge in [-0.15, -0.1) is 0 Å². The predicted molar refractivity (Wildman–Crippen MR) is 142 cm³/mol. The minimum atomic E-state index is -0.382. The van der Waals surface area contributed by atoms with Crippen LogP contribution in [0.15, 0.2) is 96.1 Å². The summed E-state index contributed by atoms with van der Waals surface area (Å²) in [5.41, 5.74) is 7.52. The molecular formula is C29H24N4O3. The van der Waals surface area contributed by atoms with Gasteiger partial charge in [-0.3, -0.25) is 19.8 Å². The van der Waals surface area contributed by atoms with E-state index in [1.807, 2.05) is 85.1 Å². The lowest BCUT2D eigenvalue weighted by atomic mass is 10.0. The van der Waals surface area contributed by atoms with Crippen LogP contribution in [-0.4, -0.2) is 21.4 Å². The van der Waals surface area contributed by atoms with Crippen LogP contribution >= 0.6 is 0 Å². The van der Waals surface area contributed by atoms with Crippen molar-refractivity contribution in [2.24, 2.45) is 0 Å². The van der Waals surface area contributed by atoms with Gasteiger partial charge in [0.2, 0.25) is 0 Å². The van der Waals surface area contributed by atoms with Crippen LogP contribution in [0.5, 0.6) is 0 Å². The topological polar surface area (TPSA) is 96.0 Å². The van der Waals surface area contributed by atoms with Crippen LogP contribution in [-0.2, 0) is 4.79 Å². The van der Waals surface area contributed by atoms with E-state index in [0.717, 1.165) is 28.2 Å². The highest BCUT2D eigenvalue weighted by atomic mass is 16.2. The van der Waals surface area contributed by atoms with Gasteiger partial charge >= 0.3 is 0 Å². The van der Waals surface area contributed by atoms with Gasteiger partial charge in [0.05, 0.1) is 16.8 Å². The average Bonchev–Trinajstić information content (AvgIpc) is 3.51. The molecule has 1 amide bonds. The van der Waals surface area contributed by atoms with Crippen molar-refractivity contribution in [3.8, 4) is 0 Å². The summed E-state index contributed by atoms with van der Waals surface area (Å²) in [4.78, 5) is 40.9. The van der Waals surface area contributed by atoms with E-state index in [1.165, 1.54) is 4.68 Å². The van der Waals surface area contributed by atoms with Crippen LogP contribution in [0.4, 0.5) is 11.4 Å². The van der Waals surface area contributed by atoms with Gasteiger partial charge in [-0.25, -0.2) is 4.68 Å². The number of pyridine rings is 1. The van der Waals surface area contributed by atoms with Gasteiger partial charge in [0.25, 0.3) is 11.5 Å². The molecule has 0 saturated carbocycles. The summed E-state index contributed by atoms with van der Waals surface area (Å²) in [5.74, 6) is -0.351. The van der Waals surface area contributed by atoms with Crippen LogP contribution in [0.3, 0.4) is 0 Å². The van der Waals surface area contributed by atoms with Gasteiger partial charge in [0.1, 0.15) is 0 Å². The van der Waals surface area contributed by atoms with E-state index in [2.05, 4.69) is 15.7 Å². The van der Waals surface area contributed by atoms with Crippen molar-refractivity contribution < 1.29 is 9.59 Å². The first-order valence-electron chi connectivity index (χ1n) is 11.6. The molecule has 36 heavy (non-hydrogen) atoms. The first-order valence-corrected chi connectivity index (χ1v) is 11.6. The molecule has 7 heteroatoms. The molecular weight excluding hydrogens is 452 g/mol. The van der Waals surface area contributed by atoms with Gasteiger partial charge in [0, 0.05) is 35.8 Å². The fraction of sp³-hybridized carbons (Fsp3) is 0.0690. The maximum Gasteiger partial charge on any atom is 0.279 e. The molecule has 0 unspecified atom stereocenters. The van der Waals surface area contributed by atoms with Gasteiger partial charge in [-0.1, -0.05) is 42.5 Å². The second-order valence-corrected chi connectivity index (χ2v) is 8.38. The van der Waals surface area contributed by atoms with Crippen LogP contribution in [0, 0.1) is 0 Å². The van der Waals surface area contributed by atoms with Crippen molar-refractivity contribution in [3.63, 3.8) is 0 Å². The number of allylic oxidation sites excluding steroid dienone is 1. The Bertz CT molecular complexity index is 1530. The van der Waals surface area contributed by atoms with E-state index in [4.69, 9.17) is 0 Å². The van der Waals surface area contributed by atoms with Crippen molar-refractivity contribution in [1.82, 2.24) is 9.66 Å². The summed E-state index contributed by atoms with van der Waals surface area (Å²) in [6.45, 7) is 0. The average molecular weight is 477 g/mol. The molecule has 0 aliphatic carbocycles. The van der Waals surface area contributed by atoms with Gasteiger partial charge in [0.15, 0.2) is 5.78 Å². The van der Waals surface area contributed by atoms with Crippen molar-refractivity contribution in [2.45, 2.75) is 12.8 Å². The zero-order valence-corrected chi connectivity index (χ0v) is 19.4. The molecule has 4 aromatic rings. The number of para-hydroxylation sites is 1. The molecule has 7 nitrogen and oxygen atoms in total. The molecule has 2 aromatic heterocycles. The summed E-state index contributed by atoms with van der Waals surface area (Å²) in [6, 6.07) is 22.1. The highest BCUT2D eigenvalue weighted by Crippen LogP contribution is 2.34. The monoisotopic (exact) mass is 476 g/mol. The number of H-pyrrole nitrogens is 1. The Morgan fingerprint density at radius 1 is 0.972 bits per heavy atom. The lowest BCUT2D eigenvalue weighted by Gasteiger charge is -2.10. The third-order valence-corrected chi connectivity index (χ3v) is 5.87. The molecule has 0 bridgehead atoms. The minimum Gasteiger partial charge on any atom is -0.362 e. The molecule has 0 fully saturated rings. The Hall–Kier alpha value is -4.91. The zero-order valence-electron chi connectivity index (χ0n) is 19.4. The fourth-order valence-corrected chi connectivity index (χ4v) is 4.06. The molecule has 2 aromatic carbocycles. The summed E-state index contributed by atoms with van der Waals surface area (Å²) >= 11 is 0. The lowest BCUT2D eigenvalue weighted by Crippen LogP contribution is -2.30. The largest absolute Gasteiger partial charge is 0.362 e. The number of benzene rings is 2. The Kier molecular flexibility index (Phi) is 6.44. The second kappa shape index (κ2) is 10.1. The first-order chi connectivity index (χ1) is 17.6. The Morgan fingerprint density at radius 3 is 2.64 bits per heavy atom. The number of hydrogen-bond acceptors (Lipinski definition) is 4. The van der Waals surface area contributed by atoms with Crippen LogP contribution in [0.25, 0.3) is 17.7 Å². The SMILES string of the molecule is O=C1Nc2cc(/C=C/CCC(=O)c3cccn(Nc4ccccc4)c3=O)ccc2/C1=C/c1ccc[nH]1. The Morgan fingerprint density at radius 2 is 1.83 bits per heavy atom. The normalized spacial score (nSPS) is 13.7. The van der Waals surface area contributed by atoms with E-state index in [-0.39, 0.29) is 29.2 Å². The summed E-state index contributed by atoms with van der Waals surface area (Å²) in [7, 11) is 0. The summed E-state index contributed by atoms with van der Waals surface area (Å²) in [6.07, 6.45) is 9.75. The number of nitrogens with zero attached hydrogens (tertiary/aromatic N) is 1. The summed E-state index contributed by atoms with van der Waals surface area (Å²) in [5, 5.41) is 2.91. The highest BCUT2D eigenvalue weighted by Gasteiger charge is 2.24. The number of hydrogen-bond donors (Lipinski definition) is 3. The number of carbonyl (C=O) groups is 2. The molecule has 3 N–H and O–H groups in total. The molecule has 0 spiro atoms. The van der Waals surface area contributed by atoms with E-state index >= 15 is 0 Å².